The lowest BCUT2D eigenvalue weighted by Gasteiger charge is -2.19. The molecule has 4 rings (SSSR count). The van der Waals surface area contributed by atoms with E-state index < -0.39 is 0 Å². The van der Waals surface area contributed by atoms with Gasteiger partial charge in [-0.3, -0.25) is 0 Å². The Balaban J connectivity index is 1.86. The minimum atomic E-state index is -0.325. The molecule has 0 radical (unpaired) electrons. The molecule has 0 saturated heterocycles. The minimum Gasteiger partial charge on any atom is -0.423 e. The van der Waals surface area contributed by atoms with Crippen molar-refractivity contribution in [2.24, 2.45) is 0 Å². The standard InChI is InChI=1S/C26H24O2/c1-17-7-5-6-8-21(17)18-9-11-19(12-10-18)22-16-25(27)28-24-14-13-20(15-23(22)24)26(2,3)4/h5-16H,1-4H3. The molecular formula is C26H24O2. The molecule has 3 aromatic carbocycles. The van der Waals surface area contributed by atoms with Crippen LogP contribution < -0.4 is 5.63 Å². The summed E-state index contributed by atoms with van der Waals surface area (Å²) in [7, 11) is 0. The number of rotatable bonds is 2. The van der Waals surface area contributed by atoms with Crippen LogP contribution in [0.2, 0.25) is 0 Å². The van der Waals surface area contributed by atoms with Gasteiger partial charge in [-0.05, 0) is 57.9 Å². The van der Waals surface area contributed by atoms with Gasteiger partial charge in [0.15, 0.2) is 0 Å². The van der Waals surface area contributed by atoms with Crippen LogP contribution in [0.25, 0.3) is 33.2 Å². The summed E-state index contributed by atoms with van der Waals surface area (Å²) in [5.74, 6) is 0. The van der Waals surface area contributed by atoms with E-state index in [0.717, 1.165) is 16.5 Å². The van der Waals surface area contributed by atoms with Crippen LogP contribution in [0.15, 0.2) is 82.0 Å². The van der Waals surface area contributed by atoms with Crippen molar-refractivity contribution in [3.05, 3.63) is 94.3 Å². The van der Waals surface area contributed by atoms with Gasteiger partial charge in [0.05, 0.1) is 0 Å². The molecule has 0 aliphatic heterocycles. The maximum absolute atomic E-state index is 12.1. The minimum absolute atomic E-state index is 0.0241. The molecule has 0 bridgehead atoms. The monoisotopic (exact) mass is 368 g/mol. The van der Waals surface area contributed by atoms with E-state index in [9.17, 15) is 4.79 Å². The topological polar surface area (TPSA) is 30.2 Å². The van der Waals surface area contributed by atoms with Crippen LogP contribution >= 0.6 is 0 Å². The summed E-state index contributed by atoms with van der Waals surface area (Å²) in [6.45, 7) is 8.67. The van der Waals surface area contributed by atoms with Gasteiger partial charge in [0.1, 0.15) is 5.58 Å². The lowest BCUT2D eigenvalue weighted by atomic mass is 9.85. The summed E-state index contributed by atoms with van der Waals surface area (Å²) in [5, 5.41) is 0.968. The third kappa shape index (κ3) is 3.38. The van der Waals surface area contributed by atoms with Crippen molar-refractivity contribution in [3.63, 3.8) is 0 Å². The summed E-state index contributed by atoms with van der Waals surface area (Å²) in [6, 6.07) is 24.4. The normalized spacial score (nSPS) is 11.7. The Morgan fingerprint density at radius 2 is 1.39 bits per heavy atom. The molecule has 0 amide bonds. The van der Waals surface area contributed by atoms with E-state index in [4.69, 9.17) is 4.42 Å². The van der Waals surface area contributed by atoms with E-state index in [-0.39, 0.29) is 11.0 Å². The molecule has 0 saturated carbocycles. The van der Waals surface area contributed by atoms with Crippen LogP contribution in [-0.4, -0.2) is 0 Å². The fourth-order valence-corrected chi connectivity index (χ4v) is 3.59. The van der Waals surface area contributed by atoms with Crippen molar-refractivity contribution < 1.29 is 4.42 Å². The molecule has 0 aliphatic carbocycles. The Labute approximate surface area is 165 Å². The van der Waals surface area contributed by atoms with Crippen LogP contribution in [0, 0.1) is 6.92 Å². The van der Waals surface area contributed by atoms with Gasteiger partial charge >= 0.3 is 5.63 Å². The lowest BCUT2D eigenvalue weighted by molar-refractivity contribution is 0.559. The second kappa shape index (κ2) is 6.79. The number of hydrogen-bond acceptors (Lipinski definition) is 2. The van der Waals surface area contributed by atoms with Crippen LogP contribution in [0.4, 0.5) is 0 Å². The SMILES string of the molecule is Cc1ccccc1-c1ccc(-c2cc(=O)oc3ccc(C(C)(C)C)cc23)cc1. The van der Waals surface area contributed by atoms with Crippen molar-refractivity contribution in [1.29, 1.82) is 0 Å². The molecule has 140 valence electrons. The Morgan fingerprint density at radius 3 is 2.04 bits per heavy atom. The zero-order valence-electron chi connectivity index (χ0n) is 16.7. The van der Waals surface area contributed by atoms with Gasteiger partial charge in [-0.2, -0.15) is 0 Å². The Kier molecular flexibility index (Phi) is 4.43. The number of fused-ring (bicyclic) bond motifs is 1. The molecule has 0 unspecified atom stereocenters. The van der Waals surface area contributed by atoms with Crippen molar-refractivity contribution in [1.82, 2.24) is 0 Å². The van der Waals surface area contributed by atoms with Crippen LogP contribution in [0.5, 0.6) is 0 Å². The van der Waals surface area contributed by atoms with E-state index in [1.54, 1.807) is 6.07 Å². The summed E-state index contributed by atoms with van der Waals surface area (Å²) in [4.78, 5) is 12.1. The second-order valence-electron chi connectivity index (χ2n) is 8.33. The average molecular weight is 368 g/mol. The van der Waals surface area contributed by atoms with Gasteiger partial charge in [-0.25, -0.2) is 4.79 Å². The quantitative estimate of drug-likeness (QED) is 0.367. The van der Waals surface area contributed by atoms with E-state index in [1.165, 1.54) is 22.3 Å². The molecule has 0 spiro atoms. The molecule has 4 aromatic rings. The van der Waals surface area contributed by atoms with Gasteiger partial charge in [-0.1, -0.05) is 75.4 Å². The van der Waals surface area contributed by atoms with Gasteiger partial charge in [0.2, 0.25) is 0 Å². The predicted molar refractivity (Wildman–Crippen MR) is 117 cm³/mol. The van der Waals surface area contributed by atoms with Crippen molar-refractivity contribution >= 4 is 11.0 Å². The Morgan fingerprint density at radius 1 is 0.750 bits per heavy atom. The highest BCUT2D eigenvalue weighted by Crippen LogP contribution is 2.33. The third-order valence-corrected chi connectivity index (χ3v) is 5.26. The van der Waals surface area contributed by atoms with E-state index in [1.807, 2.05) is 12.1 Å². The fraction of sp³-hybridized carbons (Fsp3) is 0.192. The lowest BCUT2D eigenvalue weighted by Crippen LogP contribution is -2.11. The van der Waals surface area contributed by atoms with Crippen LogP contribution in [-0.2, 0) is 5.41 Å². The summed E-state index contributed by atoms with van der Waals surface area (Å²) >= 11 is 0. The molecule has 28 heavy (non-hydrogen) atoms. The molecule has 1 heterocycles. The summed E-state index contributed by atoms with van der Waals surface area (Å²) in [5.41, 5.74) is 7.10. The maximum atomic E-state index is 12.1. The van der Waals surface area contributed by atoms with E-state index in [0.29, 0.717) is 5.58 Å². The Bertz CT molecular complexity index is 1210. The van der Waals surface area contributed by atoms with Gasteiger partial charge in [0, 0.05) is 11.5 Å². The first kappa shape index (κ1) is 18.2. The first-order valence-electron chi connectivity index (χ1n) is 9.58. The van der Waals surface area contributed by atoms with Crippen molar-refractivity contribution in [3.8, 4) is 22.3 Å². The number of aryl methyl sites for hydroxylation is 1. The Hall–Kier alpha value is -3.13. The zero-order chi connectivity index (χ0) is 19.9. The van der Waals surface area contributed by atoms with Crippen molar-refractivity contribution in [2.75, 3.05) is 0 Å². The molecule has 0 fully saturated rings. The largest absolute Gasteiger partial charge is 0.423 e. The first-order chi connectivity index (χ1) is 13.3. The van der Waals surface area contributed by atoms with Gasteiger partial charge in [-0.15, -0.1) is 0 Å². The highest BCUT2D eigenvalue weighted by Gasteiger charge is 2.16. The smallest absolute Gasteiger partial charge is 0.336 e. The van der Waals surface area contributed by atoms with E-state index >= 15 is 0 Å². The zero-order valence-corrected chi connectivity index (χ0v) is 16.7. The van der Waals surface area contributed by atoms with Gasteiger partial charge in [0.25, 0.3) is 0 Å². The molecule has 0 N–H and O–H groups in total. The van der Waals surface area contributed by atoms with Crippen LogP contribution in [0.3, 0.4) is 0 Å². The number of hydrogen-bond donors (Lipinski definition) is 0. The molecule has 2 heteroatoms. The third-order valence-electron chi connectivity index (χ3n) is 5.26. The highest BCUT2D eigenvalue weighted by atomic mass is 16.4. The van der Waals surface area contributed by atoms with Gasteiger partial charge < -0.3 is 4.42 Å². The van der Waals surface area contributed by atoms with E-state index in [2.05, 4.69) is 82.3 Å². The average Bonchev–Trinajstić information content (AvgIpc) is 2.67. The number of benzene rings is 3. The van der Waals surface area contributed by atoms with Crippen molar-refractivity contribution in [2.45, 2.75) is 33.1 Å². The molecule has 0 aliphatic rings. The molecular weight excluding hydrogens is 344 g/mol. The highest BCUT2D eigenvalue weighted by molar-refractivity contribution is 5.94. The summed E-state index contributed by atoms with van der Waals surface area (Å²) in [6.07, 6.45) is 0. The van der Waals surface area contributed by atoms with Crippen LogP contribution in [0.1, 0.15) is 31.9 Å². The fourth-order valence-electron chi connectivity index (χ4n) is 3.59. The summed E-state index contributed by atoms with van der Waals surface area (Å²) < 4.78 is 5.44. The maximum Gasteiger partial charge on any atom is 0.336 e. The first-order valence-corrected chi connectivity index (χ1v) is 9.58. The molecule has 2 nitrogen and oxygen atoms in total. The molecule has 1 aromatic heterocycles. The predicted octanol–water partition coefficient (Wildman–Crippen LogP) is 6.73. The molecule has 0 atom stereocenters. The second-order valence-corrected chi connectivity index (χ2v) is 8.33.